The lowest BCUT2D eigenvalue weighted by molar-refractivity contribution is -0.132. The van der Waals surface area contributed by atoms with Crippen LogP contribution in [0.4, 0.5) is 0 Å². The lowest BCUT2D eigenvalue weighted by Gasteiger charge is -2.33. The van der Waals surface area contributed by atoms with Crippen molar-refractivity contribution in [1.82, 2.24) is 9.21 Å². The fourth-order valence-electron chi connectivity index (χ4n) is 2.18. The van der Waals surface area contributed by atoms with E-state index >= 15 is 0 Å². The van der Waals surface area contributed by atoms with Crippen LogP contribution in [0.5, 0.6) is 0 Å². The standard InChI is InChI=1S/C13H17BrN2O3S/c1-2-13(17)15-6-8-16(9-7-15)20(18,19)12-5-3-4-11(14)10-12/h3-5,10H,2,6-9H2,1H3. The van der Waals surface area contributed by atoms with Crippen LogP contribution in [0, 0.1) is 0 Å². The van der Waals surface area contributed by atoms with Gasteiger partial charge < -0.3 is 4.90 Å². The van der Waals surface area contributed by atoms with Gasteiger partial charge in [-0.3, -0.25) is 4.79 Å². The summed E-state index contributed by atoms with van der Waals surface area (Å²) >= 11 is 3.28. The molecule has 1 aliphatic rings. The number of rotatable bonds is 3. The van der Waals surface area contributed by atoms with Crippen molar-refractivity contribution >= 4 is 31.9 Å². The van der Waals surface area contributed by atoms with Crippen LogP contribution >= 0.6 is 15.9 Å². The van der Waals surface area contributed by atoms with Gasteiger partial charge in [-0.2, -0.15) is 4.31 Å². The molecule has 7 heteroatoms. The van der Waals surface area contributed by atoms with E-state index in [0.717, 1.165) is 4.47 Å². The van der Waals surface area contributed by atoms with E-state index in [1.807, 2.05) is 6.92 Å². The number of piperazine rings is 1. The van der Waals surface area contributed by atoms with Crippen molar-refractivity contribution in [3.63, 3.8) is 0 Å². The summed E-state index contributed by atoms with van der Waals surface area (Å²) < 4.78 is 27.1. The molecule has 0 unspecified atom stereocenters. The van der Waals surface area contributed by atoms with Crippen molar-refractivity contribution in [2.45, 2.75) is 18.2 Å². The highest BCUT2D eigenvalue weighted by atomic mass is 79.9. The zero-order valence-electron chi connectivity index (χ0n) is 11.3. The van der Waals surface area contributed by atoms with Gasteiger partial charge in [0.15, 0.2) is 0 Å². The number of benzene rings is 1. The Kier molecular flexibility index (Phi) is 4.82. The summed E-state index contributed by atoms with van der Waals surface area (Å²) in [6.45, 7) is 3.42. The Morgan fingerprint density at radius 2 is 1.90 bits per heavy atom. The van der Waals surface area contributed by atoms with Crippen LogP contribution in [0.3, 0.4) is 0 Å². The molecule has 0 N–H and O–H groups in total. The van der Waals surface area contributed by atoms with Crippen LogP contribution in [-0.2, 0) is 14.8 Å². The summed E-state index contributed by atoms with van der Waals surface area (Å²) in [6, 6.07) is 6.67. The highest BCUT2D eigenvalue weighted by Crippen LogP contribution is 2.21. The molecule has 1 amide bonds. The van der Waals surface area contributed by atoms with Crippen LogP contribution in [-0.4, -0.2) is 49.7 Å². The van der Waals surface area contributed by atoms with Crippen molar-refractivity contribution < 1.29 is 13.2 Å². The van der Waals surface area contributed by atoms with E-state index in [1.165, 1.54) is 4.31 Å². The van der Waals surface area contributed by atoms with Gasteiger partial charge in [0.25, 0.3) is 0 Å². The first-order valence-corrected chi connectivity index (χ1v) is 8.72. The number of carbonyl (C=O) groups is 1. The third-order valence-electron chi connectivity index (χ3n) is 3.33. The van der Waals surface area contributed by atoms with Crippen LogP contribution in [0.15, 0.2) is 33.6 Å². The predicted molar refractivity (Wildman–Crippen MR) is 79.8 cm³/mol. The van der Waals surface area contributed by atoms with Gasteiger partial charge in [0, 0.05) is 37.1 Å². The number of amides is 1. The zero-order chi connectivity index (χ0) is 14.8. The molecular weight excluding hydrogens is 344 g/mol. The van der Waals surface area contributed by atoms with Gasteiger partial charge in [-0.15, -0.1) is 0 Å². The highest BCUT2D eigenvalue weighted by Gasteiger charge is 2.29. The lowest BCUT2D eigenvalue weighted by Crippen LogP contribution is -2.50. The summed E-state index contributed by atoms with van der Waals surface area (Å²) in [4.78, 5) is 13.6. The minimum atomic E-state index is -3.48. The number of hydrogen-bond donors (Lipinski definition) is 0. The summed E-state index contributed by atoms with van der Waals surface area (Å²) in [7, 11) is -3.48. The van der Waals surface area contributed by atoms with Gasteiger partial charge in [-0.1, -0.05) is 28.9 Å². The van der Waals surface area contributed by atoms with Gasteiger partial charge in [0.1, 0.15) is 0 Å². The Labute approximate surface area is 127 Å². The van der Waals surface area contributed by atoms with Gasteiger partial charge in [0.2, 0.25) is 15.9 Å². The minimum absolute atomic E-state index is 0.0736. The average Bonchev–Trinajstić information content (AvgIpc) is 2.46. The van der Waals surface area contributed by atoms with E-state index in [2.05, 4.69) is 15.9 Å². The van der Waals surface area contributed by atoms with Crippen LogP contribution < -0.4 is 0 Å². The molecule has 1 fully saturated rings. The monoisotopic (exact) mass is 360 g/mol. The molecule has 0 aromatic heterocycles. The molecule has 1 aromatic rings. The zero-order valence-corrected chi connectivity index (χ0v) is 13.7. The maximum atomic E-state index is 12.5. The quantitative estimate of drug-likeness (QED) is 0.823. The second kappa shape index (κ2) is 6.24. The highest BCUT2D eigenvalue weighted by molar-refractivity contribution is 9.10. The summed E-state index contributed by atoms with van der Waals surface area (Å²) in [6.07, 6.45) is 0.457. The van der Waals surface area contributed by atoms with E-state index in [0.29, 0.717) is 32.6 Å². The summed E-state index contributed by atoms with van der Waals surface area (Å²) in [5, 5.41) is 0. The first-order valence-electron chi connectivity index (χ1n) is 6.48. The number of carbonyl (C=O) groups excluding carboxylic acids is 1. The third-order valence-corrected chi connectivity index (χ3v) is 5.72. The van der Waals surface area contributed by atoms with Crippen LogP contribution in [0.25, 0.3) is 0 Å². The molecule has 1 aromatic carbocycles. The molecule has 20 heavy (non-hydrogen) atoms. The van der Waals surface area contributed by atoms with Gasteiger partial charge in [0.05, 0.1) is 4.90 Å². The van der Waals surface area contributed by atoms with Crippen LogP contribution in [0.1, 0.15) is 13.3 Å². The molecule has 0 bridgehead atoms. The Morgan fingerprint density at radius 3 is 2.45 bits per heavy atom. The first kappa shape index (κ1) is 15.5. The normalized spacial score (nSPS) is 17.2. The molecule has 1 heterocycles. The molecular formula is C13H17BrN2O3S. The van der Waals surface area contributed by atoms with Gasteiger partial charge in [-0.05, 0) is 18.2 Å². The summed E-state index contributed by atoms with van der Waals surface area (Å²) in [5.41, 5.74) is 0. The van der Waals surface area contributed by atoms with Gasteiger partial charge in [-0.25, -0.2) is 8.42 Å². The SMILES string of the molecule is CCC(=O)N1CCN(S(=O)(=O)c2cccc(Br)c2)CC1. The second-order valence-corrected chi connectivity index (χ2v) is 7.45. The molecule has 5 nitrogen and oxygen atoms in total. The van der Waals surface area contributed by atoms with Crippen molar-refractivity contribution in [1.29, 1.82) is 0 Å². The van der Waals surface area contributed by atoms with Crippen molar-refractivity contribution in [2.24, 2.45) is 0 Å². The fourth-order valence-corrected chi connectivity index (χ4v) is 4.20. The van der Waals surface area contributed by atoms with Gasteiger partial charge >= 0.3 is 0 Å². The van der Waals surface area contributed by atoms with Crippen LogP contribution in [0.2, 0.25) is 0 Å². The molecule has 110 valence electrons. The molecule has 0 atom stereocenters. The number of halogens is 1. The van der Waals surface area contributed by atoms with E-state index in [4.69, 9.17) is 0 Å². The minimum Gasteiger partial charge on any atom is -0.340 e. The molecule has 0 spiro atoms. The Hall–Kier alpha value is -0.920. The van der Waals surface area contributed by atoms with E-state index in [-0.39, 0.29) is 10.8 Å². The van der Waals surface area contributed by atoms with E-state index < -0.39 is 10.0 Å². The molecule has 0 radical (unpaired) electrons. The van der Waals surface area contributed by atoms with Crippen molar-refractivity contribution in [3.8, 4) is 0 Å². The molecule has 0 aliphatic carbocycles. The van der Waals surface area contributed by atoms with Crippen molar-refractivity contribution in [2.75, 3.05) is 26.2 Å². The topological polar surface area (TPSA) is 57.7 Å². The van der Waals surface area contributed by atoms with E-state index in [1.54, 1.807) is 29.2 Å². The fraction of sp³-hybridized carbons (Fsp3) is 0.462. The van der Waals surface area contributed by atoms with E-state index in [9.17, 15) is 13.2 Å². The Bertz CT molecular complexity index is 595. The average molecular weight is 361 g/mol. The molecule has 1 aliphatic heterocycles. The smallest absolute Gasteiger partial charge is 0.243 e. The maximum Gasteiger partial charge on any atom is 0.243 e. The molecule has 1 saturated heterocycles. The Balaban J connectivity index is 2.11. The molecule has 0 saturated carbocycles. The number of sulfonamides is 1. The second-order valence-electron chi connectivity index (χ2n) is 4.60. The lowest BCUT2D eigenvalue weighted by atomic mass is 10.3. The number of nitrogens with zero attached hydrogens (tertiary/aromatic N) is 2. The Morgan fingerprint density at radius 1 is 1.25 bits per heavy atom. The predicted octanol–water partition coefficient (Wildman–Crippen LogP) is 1.69. The molecule has 2 rings (SSSR count). The largest absolute Gasteiger partial charge is 0.340 e. The third kappa shape index (κ3) is 3.21. The van der Waals surface area contributed by atoms with Crippen molar-refractivity contribution in [3.05, 3.63) is 28.7 Å². The number of hydrogen-bond acceptors (Lipinski definition) is 3. The maximum absolute atomic E-state index is 12.5. The first-order chi connectivity index (χ1) is 9.45. The summed E-state index contributed by atoms with van der Waals surface area (Å²) in [5.74, 6) is 0.0736.